The summed E-state index contributed by atoms with van der Waals surface area (Å²) in [6.45, 7) is 0.622. The summed E-state index contributed by atoms with van der Waals surface area (Å²) < 4.78 is 6.14. The van der Waals surface area contributed by atoms with Crippen molar-refractivity contribution in [1.82, 2.24) is 0 Å². The number of hydrogen-bond acceptors (Lipinski definition) is 1. The van der Waals surface area contributed by atoms with Crippen LogP contribution in [-0.4, -0.2) is 0 Å². The average molecular weight is 284 g/mol. The molecule has 1 aliphatic heterocycles. The fourth-order valence-electron chi connectivity index (χ4n) is 2.94. The second kappa shape index (κ2) is 5.53. The molecule has 3 aromatic rings. The van der Waals surface area contributed by atoms with E-state index in [0.29, 0.717) is 6.61 Å². The Balaban J connectivity index is 2.00. The second-order valence-electron chi connectivity index (χ2n) is 5.38. The summed E-state index contributed by atoms with van der Waals surface area (Å²) >= 11 is 0. The summed E-state index contributed by atoms with van der Waals surface area (Å²) in [7, 11) is 0. The highest BCUT2D eigenvalue weighted by molar-refractivity contribution is 5.97. The maximum absolute atomic E-state index is 6.14. The normalized spacial score (nSPS) is 13.5. The van der Waals surface area contributed by atoms with Crippen LogP contribution >= 0.6 is 0 Å². The standard InChI is InChI=1S/C21H16O/c1-3-9-16(10-4-1)20-19-14-8-7-13-18(19)15-22-21(20)17-11-5-2-6-12-17/h1-14H,15H2. The second-order valence-corrected chi connectivity index (χ2v) is 5.38. The summed E-state index contributed by atoms with van der Waals surface area (Å²) in [5.41, 5.74) is 5.98. The van der Waals surface area contributed by atoms with Crippen LogP contribution in [0.4, 0.5) is 0 Å². The molecular weight excluding hydrogens is 268 g/mol. The van der Waals surface area contributed by atoms with Gasteiger partial charge in [-0.05, 0) is 16.7 Å². The van der Waals surface area contributed by atoms with Gasteiger partial charge in [0, 0.05) is 11.1 Å². The van der Waals surface area contributed by atoms with Crippen molar-refractivity contribution < 1.29 is 4.74 Å². The van der Waals surface area contributed by atoms with E-state index in [-0.39, 0.29) is 0 Å². The molecule has 0 saturated heterocycles. The molecule has 1 nitrogen and oxygen atoms in total. The maximum Gasteiger partial charge on any atom is 0.135 e. The maximum atomic E-state index is 6.14. The largest absolute Gasteiger partial charge is 0.488 e. The fraction of sp³-hybridized carbons (Fsp3) is 0.0476. The van der Waals surface area contributed by atoms with E-state index in [4.69, 9.17) is 4.74 Å². The first-order valence-corrected chi connectivity index (χ1v) is 7.50. The first-order chi connectivity index (χ1) is 10.9. The molecule has 106 valence electrons. The van der Waals surface area contributed by atoms with Crippen molar-refractivity contribution in [3.63, 3.8) is 0 Å². The zero-order valence-electron chi connectivity index (χ0n) is 12.2. The summed E-state index contributed by atoms with van der Waals surface area (Å²) in [5.74, 6) is 0.963. The van der Waals surface area contributed by atoms with Crippen molar-refractivity contribution in [3.05, 3.63) is 107 Å². The third-order valence-corrected chi connectivity index (χ3v) is 3.98. The summed E-state index contributed by atoms with van der Waals surface area (Å²) in [5, 5.41) is 0. The molecule has 0 spiro atoms. The van der Waals surface area contributed by atoms with Crippen LogP contribution in [0.25, 0.3) is 11.3 Å². The molecule has 0 bridgehead atoms. The van der Waals surface area contributed by atoms with Crippen LogP contribution in [0.3, 0.4) is 0 Å². The highest BCUT2D eigenvalue weighted by atomic mass is 16.5. The van der Waals surface area contributed by atoms with Crippen LogP contribution < -0.4 is 0 Å². The first-order valence-electron chi connectivity index (χ1n) is 7.50. The van der Waals surface area contributed by atoms with Crippen LogP contribution in [0.2, 0.25) is 0 Å². The number of rotatable bonds is 2. The molecule has 3 aromatic carbocycles. The number of ether oxygens (including phenoxy) is 1. The molecule has 22 heavy (non-hydrogen) atoms. The number of fused-ring (bicyclic) bond motifs is 1. The Kier molecular flexibility index (Phi) is 3.24. The minimum Gasteiger partial charge on any atom is -0.488 e. The SMILES string of the molecule is c1ccc(C2=C(c3ccccc3)c3ccccc3CO2)cc1. The van der Waals surface area contributed by atoms with E-state index in [9.17, 15) is 0 Å². The third kappa shape index (κ3) is 2.21. The van der Waals surface area contributed by atoms with Gasteiger partial charge < -0.3 is 4.74 Å². The van der Waals surface area contributed by atoms with E-state index in [1.807, 2.05) is 12.1 Å². The van der Waals surface area contributed by atoms with E-state index >= 15 is 0 Å². The predicted octanol–water partition coefficient (Wildman–Crippen LogP) is 5.13. The van der Waals surface area contributed by atoms with E-state index in [0.717, 1.165) is 11.3 Å². The fourth-order valence-corrected chi connectivity index (χ4v) is 2.94. The van der Waals surface area contributed by atoms with Crippen LogP contribution in [0, 0.1) is 0 Å². The van der Waals surface area contributed by atoms with E-state index in [2.05, 4.69) is 72.8 Å². The molecule has 0 fully saturated rings. The zero-order chi connectivity index (χ0) is 14.8. The number of benzene rings is 3. The Morgan fingerprint density at radius 3 is 1.91 bits per heavy atom. The molecule has 4 rings (SSSR count). The van der Waals surface area contributed by atoms with E-state index in [1.54, 1.807) is 0 Å². The Hall–Kier alpha value is -2.80. The lowest BCUT2D eigenvalue weighted by molar-refractivity contribution is 0.261. The van der Waals surface area contributed by atoms with Gasteiger partial charge in [-0.3, -0.25) is 0 Å². The van der Waals surface area contributed by atoms with E-state index < -0.39 is 0 Å². The number of hydrogen-bond donors (Lipinski definition) is 0. The van der Waals surface area contributed by atoms with Crippen molar-refractivity contribution in [1.29, 1.82) is 0 Å². The molecule has 0 atom stereocenters. The Bertz CT molecular complexity index is 817. The van der Waals surface area contributed by atoms with Crippen LogP contribution in [0.15, 0.2) is 84.9 Å². The predicted molar refractivity (Wildman–Crippen MR) is 90.0 cm³/mol. The average Bonchev–Trinajstić information content (AvgIpc) is 2.62. The monoisotopic (exact) mass is 284 g/mol. The van der Waals surface area contributed by atoms with Gasteiger partial charge in [-0.15, -0.1) is 0 Å². The molecule has 0 unspecified atom stereocenters. The van der Waals surface area contributed by atoms with Gasteiger partial charge in [0.15, 0.2) is 0 Å². The van der Waals surface area contributed by atoms with Gasteiger partial charge in [-0.2, -0.15) is 0 Å². The van der Waals surface area contributed by atoms with Gasteiger partial charge >= 0.3 is 0 Å². The highest BCUT2D eigenvalue weighted by Crippen LogP contribution is 2.38. The van der Waals surface area contributed by atoms with Crippen molar-refractivity contribution >= 4 is 11.3 Å². The Morgan fingerprint density at radius 1 is 0.591 bits per heavy atom. The van der Waals surface area contributed by atoms with Gasteiger partial charge in [0.1, 0.15) is 12.4 Å². The van der Waals surface area contributed by atoms with Crippen molar-refractivity contribution in [2.24, 2.45) is 0 Å². The lowest BCUT2D eigenvalue weighted by Gasteiger charge is -2.24. The van der Waals surface area contributed by atoms with E-state index in [1.165, 1.54) is 22.3 Å². The molecule has 0 saturated carbocycles. The van der Waals surface area contributed by atoms with Crippen molar-refractivity contribution in [3.8, 4) is 0 Å². The summed E-state index contributed by atoms with van der Waals surface area (Å²) in [6, 6.07) is 29.3. The quantitative estimate of drug-likeness (QED) is 0.633. The first kappa shape index (κ1) is 12.9. The lowest BCUT2D eigenvalue weighted by Crippen LogP contribution is -2.08. The third-order valence-electron chi connectivity index (χ3n) is 3.98. The molecule has 0 aromatic heterocycles. The lowest BCUT2D eigenvalue weighted by atomic mass is 9.89. The molecule has 1 aliphatic rings. The van der Waals surface area contributed by atoms with Crippen molar-refractivity contribution in [2.45, 2.75) is 6.61 Å². The van der Waals surface area contributed by atoms with Crippen molar-refractivity contribution in [2.75, 3.05) is 0 Å². The topological polar surface area (TPSA) is 9.23 Å². The Morgan fingerprint density at radius 2 is 1.18 bits per heavy atom. The van der Waals surface area contributed by atoms with Gasteiger partial charge in [0.05, 0.1) is 0 Å². The van der Waals surface area contributed by atoms with Gasteiger partial charge in [0.2, 0.25) is 0 Å². The molecule has 1 heterocycles. The van der Waals surface area contributed by atoms with Crippen LogP contribution in [-0.2, 0) is 11.3 Å². The minimum absolute atomic E-state index is 0.622. The molecule has 0 aliphatic carbocycles. The smallest absolute Gasteiger partial charge is 0.135 e. The molecule has 0 amide bonds. The van der Waals surface area contributed by atoms with Crippen LogP contribution in [0.5, 0.6) is 0 Å². The van der Waals surface area contributed by atoms with Gasteiger partial charge in [-0.1, -0.05) is 84.9 Å². The zero-order valence-corrected chi connectivity index (χ0v) is 12.2. The minimum atomic E-state index is 0.622. The molecule has 0 radical (unpaired) electrons. The summed E-state index contributed by atoms with van der Waals surface area (Å²) in [4.78, 5) is 0. The molecule has 1 heteroatoms. The molecule has 0 N–H and O–H groups in total. The van der Waals surface area contributed by atoms with Crippen LogP contribution in [0.1, 0.15) is 22.3 Å². The van der Waals surface area contributed by atoms with Gasteiger partial charge in [-0.25, -0.2) is 0 Å². The molecular formula is C21H16O. The van der Waals surface area contributed by atoms with Gasteiger partial charge in [0.25, 0.3) is 0 Å². The highest BCUT2D eigenvalue weighted by Gasteiger charge is 2.22. The Labute approximate surface area is 130 Å². The summed E-state index contributed by atoms with van der Waals surface area (Å²) in [6.07, 6.45) is 0.